The lowest BCUT2D eigenvalue weighted by atomic mass is 10.1. The molecule has 1 aromatic heterocycles. The molecule has 0 bridgehead atoms. The van der Waals surface area contributed by atoms with Gasteiger partial charge in [0.2, 0.25) is 0 Å². The van der Waals surface area contributed by atoms with Crippen molar-refractivity contribution in [1.82, 2.24) is 0 Å². The molecule has 3 heteroatoms. The van der Waals surface area contributed by atoms with Gasteiger partial charge in [0, 0.05) is 28.4 Å². The number of hydrogen-bond acceptors (Lipinski definition) is 0. The van der Waals surface area contributed by atoms with Gasteiger partial charge < -0.3 is 0 Å². The molecule has 1 aromatic carbocycles. The Bertz CT molecular complexity index is 461. The Morgan fingerprint density at radius 2 is 1.29 bits per heavy atom. The van der Waals surface area contributed by atoms with E-state index in [0.717, 1.165) is 17.2 Å². The van der Waals surface area contributed by atoms with Gasteiger partial charge in [-0.1, -0.05) is 44.0 Å². The van der Waals surface area contributed by atoms with E-state index in [9.17, 15) is 0 Å². The van der Waals surface area contributed by atoms with E-state index in [1.165, 1.54) is 16.7 Å². The second-order valence-electron chi connectivity index (χ2n) is 3.97. The van der Waals surface area contributed by atoms with Crippen LogP contribution >= 0.6 is 31.9 Å². The minimum Gasteiger partial charge on any atom is -0.201 e. The third-order valence-electron chi connectivity index (χ3n) is 2.56. The largest absolute Gasteiger partial charge is 0.201 e. The first-order chi connectivity index (χ1) is 8.31. The van der Waals surface area contributed by atoms with Crippen LogP contribution in [0.25, 0.3) is 0 Å². The van der Waals surface area contributed by atoms with E-state index >= 15 is 0 Å². The lowest BCUT2D eigenvalue weighted by Crippen LogP contribution is -2.32. The Balaban J connectivity index is 2.26. The van der Waals surface area contributed by atoms with E-state index < -0.39 is 0 Å². The van der Waals surface area contributed by atoms with E-state index in [1.807, 2.05) is 6.07 Å². The number of halogens is 2. The fourth-order valence-corrected chi connectivity index (χ4v) is 2.48. The summed E-state index contributed by atoms with van der Waals surface area (Å²) in [7, 11) is 0. The molecule has 0 aliphatic rings. The lowest BCUT2D eigenvalue weighted by Gasteiger charge is -2.04. The average Bonchev–Trinajstić information content (AvgIpc) is 2.39. The van der Waals surface area contributed by atoms with E-state index in [2.05, 4.69) is 79.2 Å². The second kappa shape index (κ2) is 6.31. The van der Waals surface area contributed by atoms with Gasteiger partial charge in [-0.15, -0.1) is 0 Å². The highest BCUT2D eigenvalue weighted by Crippen LogP contribution is 2.15. The fourth-order valence-electron chi connectivity index (χ4n) is 1.84. The van der Waals surface area contributed by atoms with Crippen molar-refractivity contribution in [2.24, 2.45) is 0 Å². The zero-order valence-electron chi connectivity index (χ0n) is 9.44. The van der Waals surface area contributed by atoms with E-state index in [1.54, 1.807) is 0 Å². The first-order valence-corrected chi connectivity index (χ1v) is 7.74. The average molecular weight is 356 g/mol. The molecular weight excluding hydrogens is 342 g/mol. The number of aromatic nitrogens is 1. The standard InChI is InChI=1S/C14H14Br2N/c15-9-12-6-13(10-16)8-14(7-12)11-17-4-2-1-3-5-17/h1-8H,9-11H2/q+1. The van der Waals surface area contributed by atoms with Crippen LogP contribution in [0.2, 0.25) is 0 Å². The smallest absolute Gasteiger partial charge is 0.173 e. The minimum atomic E-state index is 0.903. The van der Waals surface area contributed by atoms with Crippen molar-refractivity contribution < 1.29 is 4.57 Å². The summed E-state index contributed by atoms with van der Waals surface area (Å²) in [5, 5.41) is 1.81. The molecule has 0 atom stereocenters. The Kier molecular flexibility index (Phi) is 4.75. The Labute approximate surface area is 119 Å². The normalized spacial score (nSPS) is 10.5. The lowest BCUT2D eigenvalue weighted by molar-refractivity contribution is -0.688. The van der Waals surface area contributed by atoms with Crippen molar-refractivity contribution in [2.75, 3.05) is 0 Å². The number of alkyl halides is 2. The molecule has 0 spiro atoms. The molecule has 0 radical (unpaired) electrons. The molecule has 0 fully saturated rings. The first kappa shape index (κ1) is 12.8. The maximum atomic E-state index is 3.52. The Morgan fingerprint density at radius 1 is 0.765 bits per heavy atom. The van der Waals surface area contributed by atoms with Crippen molar-refractivity contribution in [1.29, 1.82) is 0 Å². The van der Waals surface area contributed by atoms with Crippen LogP contribution in [-0.4, -0.2) is 0 Å². The third-order valence-corrected chi connectivity index (χ3v) is 3.86. The van der Waals surface area contributed by atoms with Gasteiger partial charge >= 0.3 is 0 Å². The highest BCUT2D eigenvalue weighted by Gasteiger charge is 2.04. The molecule has 0 saturated heterocycles. The van der Waals surface area contributed by atoms with Crippen LogP contribution in [0.15, 0.2) is 48.8 Å². The summed E-state index contributed by atoms with van der Waals surface area (Å²) >= 11 is 7.04. The highest BCUT2D eigenvalue weighted by atomic mass is 79.9. The molecule has 2 aromatic rings. The van der Waals surface area contributed by atoms with Crippen LogP contribution in [0, 0.1) is 0 Å². The number of pyridine rings is 1. The molecule has 0 unspecified atom stereocenters. The van der Waals surface area contributed by atoms with Crippen LogP contribution in [0.5, 0.6) is 0 Å². The molecule has 2 rings (SSSR count). The molecule has 17 heavy (non-hydrogen) atoms. The summed E-state index contributed by atoms with van der Waals surface area (Å²) in [5.74, 6) is 0. The summed E-state index contributed by atoms with van der Waals surface area (Å²) in [6.45, 7) is 0.918. The zero-order chi connectivity index (χ0) is 12.1. The summed E-state index contributed by atoms with van der Waals surface area (Å²) in [4.78, 5) is 0. The van der Waals surface area contributed by atoms with Gasteiger partial charge in [0.15, 0.2) is 18.9 Å². The molecule has 0 amide bonds. The predicted octanol–water partition coefficient (Wildman–Crippen LogP) is 3.81. The van der Waals surface area contributed by atoms with E-state index in [4.69, 9.17) is 0 Å². The van der Waals surface area contributed by atoms with Gasteiger partial charge in [0.1, 0.15) is 0 Å². The van der Waals surface area contributed by atoms with E-state index in [0.29, 0.717) is 0 Å². The van der Waals surface area contributed by atoms with Crippen molar-refractivity contribution in [3.63, 3.8) is 0 Å². The van der Waals surface area contributed by atoms with Crippen molar-refractivity contribution in [3.8, 4) is 0 Å². The van der Waals surface area contributed by atoms with Crippen LogP contribution in [-0.2, 0) is 17.2 Å². The zero-order valence-corrected chi connectivity index (χ0v) is 12.6. The monoisotopic (exact) mass is 354 g/mol. The van der Waals surface area contributed by atoms with Gasteiger partial charge in [-0.25, -0.2) is 4.57 Å². The number of benzene rings is 1. The minimum absolute atomic E-state index is 0.903. The number of rotatable bonds is 4. The van der Waals surface area contributed by atoms with Crippen LogP contribution in [0.4, 0.5) is 0 Å². The van der Waals surface area contributed by atoms with Crippen molar-refractivity contribution in [2.45, 2.75) is 17.2 Å². The quantitative estimate of drug-likeness (QED) is 0.580. The van der Waals surface area contributed by atoms with Gasteiger partial charge in [-0.05, 0) is 23.3 Å². The number of nitrogens with zero attached hydrogens (tertiary/aromatic N) is 1. The first-order valence-electron chi connectivity index (χ1n) is 5.49. The van der Waals surface area contributed by atoms with Crippen LogP contribution in [0.1, 0.15) is 16.7 Å². The second-order valence-corrected chi connectivity index (χ2v) is 5.09. The van der Waals surface area contributed by atoms with Gasteiger partial charge in [-0.2, -0.15) is 0 Å². The van der Waals surface area contributed by atoms with Crippen LogP contribution < -0.4 is 4.57 Å². The molecule has 0 aliphatic heterocycles. The Hall–Kier alpha value is -0.670. The molecule has 0 N–H and O–H groups in total. The molecule has 0 aliphatic carbocycles. The van der Waals surface area contributed by atoms with Crippen LogP contribution in [0.3, 0.4) is 0 Å². The highest BCUT2D eigenvalue weighted by molar-refractivity contribution is 9.08. The summed E-state index contributed by atoms with van der Waals surface area (Å²) in [6, 6.07) is 12.9. The van der Waals surface area contributed by atoms with Gasteiger partial charge in [-0.3, -0.25) is 0 Å². The summed E-state index contributed by atoms with van der Waals surface area (Å²) < 4.78 is 2.19. The predicted molar refractivity (Wildman–Crippen MR) is 77.4 cm³/mol. The number of hydrogen-bond donors (Lipinski definition) is 0. The maximum absolute atomic E-state index is 3.52. The molecule has 1 heterocycles. The third kappa shape index (κ3) is 3.65. The molecule has 0 saturated carbocycles. The molecular formula is C14H14Br2N+. The molecule has 88 valence electrons. The Morgan fingerprint density at radius 3 is 1.82 bits per heavy atom. The van der Waals surface area contributed by atoms with E-state index in [-0.39, 0.29) is 0 Å². The van der Waals surface area contributed by atoms with Gasteiger partial charge in [0.05, 0.1) is 0 Å². The summed E-state index contributed by atoms with van der Waals surface area (Å²) in [5.41, 5.74) is 3.99. The van der Waals surface area contributed by atoms with Crippen molar-refractivity contribution >= 4 is 31.9 Å². The molecule has 1 nitrogen and oxygen atoms in total. The van der Waals surface area contributed by atoms with Crippen molar-refractivity contribution in [3.05, 3.63) is 65.5 Å². The maximum Gasteiger partial charge on any atom is 0.173 e. The SMILES string of the molecule is BrCc1cc(CBr)cc(C[n+]2ccccc2)c1. The van der Waals surface area contributed by atoms with Gasteiger partial charge in [0.25, 0.3) is 0 Å². The topological polar surface area (TPSA) is 3.88 Å². The fraction of sp³-hybridized carbons (Fsp3) is 0.214. The summed E-state index contributed by atoms with van der Waals surface area (Å²) in [6.07, 6.45) is 4.18.